The third kappa shape index (κ3) is 1.50. The van der Waals surface area contributed by atoms with Crippen LogP contribution in [0.15, 0.2) is 24.4 Å². The second-order valence-corrected chi connectivity index (χ2v) is 3.97. The van der Waals surface area contributed by atoms with Gasteiger partial charge in [0, 0.05) is 6.20 Å². The minimum absolute atomic E-state index is 0.216. The van der Waals surface area contributed by atoms with Gasteiger partial charge in [-0.2, -0.15) is 0 Å². The summed E-state index contributed by atoms with van der Waals surface area (Å²) in [5.74, 6) is -0.652. The number of ketones is 1. The molecule has 0 aromatic carbocycles. The number of hydrogen-bond donors (Lipinski definition) is 0. The third-order valence-electron chi connectivity index (χ3n) is 3.12. The molecule has 1 saturated carbocycles. The first-order chi connectivity index (χ1) is 7.70. The first-order valence-corrected chi connectivity index (χ1v) is 5.25. The molecule has 84 valence electrons. The van der Waals surface area contributed by atoms with Gasteiger partial charge in [-0.25, -0.2) is 0 Å². The van der Waals surface area contributed by atoms with Gasteiger partial charge in [-0.3, -0.25) is 14.6 Å². The number of rotatable bonds is 3. The zero-order valence-electron chi connectivity index (χ0n) is 9.10. The fraction of sp³-hybridized carbons (Fsp3) is 0.417. The maximum atomic E-state index is 12.2. The van der Waals surface area contributed by atoms with E-state index in [4.69, 9.17) is 4.74 Å². The van der Waals surface area contributed by atoms with Crippen LogP contribution >= 0.6 is 0 Å². The highest BCUT2D eigenvalue weighted by Crippen LogP contribution is 2.44. The molecule has 1 aliphatic rings. The maximum absolute atomic E-state index is 12.2. The molecule has 4 heteroatoms. The van der Waals surface area contributed by atoms with Gasteiger partial charge >= 0.3 is 5.97 Å². The van der Waals surface area contributed by atoms with Crippen LogP contribution in [0.5, 0.6) is 0 Å². The molecule has 0 saturated heterocycles. The molecule has 0 spiro atoms. The van der Waals surface area contributed by atoms with E-state index in [-0.39, 0.29) is 5.78 Å². The third-order valence-corrected chi connectivity index (χ3v) is 3.12. The highest BCUT2D eigenvalue weighted by molar-refractivity contribution is 6.12. The Labute approximate surface area is 93.6 Å². The van der Waals surface area contributed by atoms with Crippen molar-refractivity contribution >= 4 is 11.8 Å². The Kier molecular flexibility index (Phi) is 2.73. The predicted molar refractivity (Wildman–Crippen MR) is 56.9 cm³/mol. The zero-order chi connectivity index (χ0) is 11.6. The lowest BCUT2D eigenvalue weighted by molar-refractivity contribution is -0.153. The number of methoxy groups -OCH3 is 1. The van der Waals surface area contributed by atoms with Gasteiger partial charge < -0.3 is 4.74 Å². The standard InChI is InChI=1S/C12H13NO3/c1-16-11(15)12(6-4-7-12)10(14)9-5-2-3-8-13-9/h2-3,5,8H,4,6-7H2,1H3. The summed E-state index contributed by atoms with van der Waals surface area (Å²) in [5, 5.41) is 0. The lowest BCUT2D eigenvalue weighted by Crippen LogP contribution is -2.46. The topological polar surface area (TPSA) is 56.3 Å². The summed E-state index contributed by atoms with van der Waals surface area (Å²) >= 11 is 0. The van der Waals surface area contributed by atoms with E-state index in [1.54, 1.807) is 24.4 Å². The number of carbonyl (C=O) groups excluding carboxylic acids is 2. The number of carbonyl (C=O) groups is 2. The van der Waals surface area contributed by atoms with Crippen LogP contribution in [-0.2, 0) is 9.53 Å². The van der Waals surface area contributed by atoms with E-state index < -0.39 is 11.4 Å². The van der Waals surface area contributed by atoms with Crippen LogP contribution in [0.1, 0.15) is 29.8 Å². The van der Waals surface area contributed by atoms with Crippen molar-refractivity contribution in [3.63, 3.8) is 0 Å². The van der Waals surface area contributed by atoms with Crippen LogP contribution in [0.25, 0.3) is 0 Å². The summed E-state index contributed by atoms with van der Waals surface area (Å²) in [6.07, 6.45) is 3.56. The lowest BCUT2D eigenvalue weighted by atomic mass is 9.65. The SMILES string of the molecule is COC(=O)C1(C(=O)c2ccccn2)CCC1. The molecular formula is C12H13NO3. The lowest BCUT2D eigenvalue weighted by Gasteiger charge is -2.36. The van der Waals surface area contributed by atoms with Crippen molar-refractivity contribution in [1.29, 1.82) is 0 Å². The maximum Gasteiger partial charge on any atom is 0.319 e. The number of Topliss-reactive ketones (excluding diaryl/α,β-unsaturated/α-hetero) is 1. The van der Waals surface area contributed by atoms with Gasteiger partial charge in [-0.05, 0) is 25.0 Å². The Bertz CT molecular complexity index is 410. The molecule has 0 aliphatic heterocycles. The number of esters is 1. The smallest absolute Gasteiger partial charge is 0.319 e. The van der Waals surface area contributed by atoms with E-state index in [0.717, 1.165) is 6.42 Å². The molecule has 1 aromatic rings. The normalized spacial score (nSPS) is 17.3. The Balaban J connectivity index is 2.30. The number of aromatic nitrogens is 1. The highest BCUT2D eigenvalue weighted by atomic mass is 16.5. The molecule has 1 heterocycles. The molecule has 0 bridgehead atoms. The average molecular weight is 219 g/mol. The zero-order valence-corrected chi connectivity index (χ0v) is 9.10. The molecule has 1 aliphatic carbocycles. The molecule has 2 rings (SSSR count). The van der Waals surface area contributed by atoms with E-state index in [1.807, 2.05) is 0 Å². The van der Waals surface area contributed by atoms with Crippen LogP contribution in [0.3, 0.4) is 0 Å². The molecular weight excluding hydrogens is 206 g/mol. The summed E-state index contributed by atoms with van der Waals surface area (Å²) in [7, 11) is 1.31. The van der Waals surface area contributed by atoms with E-state index in [0.29, 0.717) is 18.5 Å². The summed E-state index contributed by atoms with van der Waals surface area (Å²) in [6.45, 7) is 0. The second-order valence-electron chi connectivity index (χ2n) is 3.97. The largest absolute Gasteiger partial charge is 0.468 e. The molecule has 1 fully saturated rings. The number of hydrogen-bond acceptors (Lipinski definition) is 4. The first kappa shape index (κ1) is 10.8. The summed E-state index contributed by atoms with van der Waals surface area (Å²) in [4.78, 5) is 27.8. The van der Waals surface area contributed by atoms with Crippen molar-refractivity contribution in [2.75, 3.05) is 7.11 Å². The van der Waals surface area contributed by atoms with Crippen molar-refractivity contribution in [3.05, 3.63) is 30.1 Å². The Morgan fingerprint density at radius 3 is 2.56 bits per heavy atom. The van der Waals surface area contributed by atoms with Gasteiger partial charge in [0.1, 0.15) is 11.1 Å². The monoisotopic (exact) mass is 219 g/mol. The quantitative estimate of drug-likeness (QED) is 0.440. The Hall–Kier alpha value is -1.71. The van der Waals surface area contributed by atoms with Gasteiger partial charge in [0.15, 0.2) is 5.78 Å². The van der Waals surface area contributed by atoms with Crippen LogP contribution < -0.4 is 0 Å². The van der Waals surface area contributed by atoms with Crippen molar-refractivity contribution in [2.24, 2.45) is 5.41 Å². The van der Waals surface area contributed by atoms with Gasteiger partial charge in [-0.1, -0.05) is 12.5 Å². The van der Waals surface area contributed by atoms with E-state index in [2.05, 4.69) is 4.98 Å². The van der Waals surface area contributed by atoms with Gasteiger partial charge in [0.05, 0.1) is 7.11 Å². The summed E-state index contributed by atoms with van der Waals surface area (Å²) in [6, 6.07) is 5.11. The van der Waals surface area contributed by atoms with Crippen LogP contribution in [0.4, 0.5) is 0 Å². The van der Waals surface area contributed by atoms with Crippen molar-refractivity contribution < 1.29 is 14.3 Å². The molecule has 16 heavy (non-hydrogen) atoms. The van der Waals surface area contributed by atoms with Crippen molar-refractivity contribution in [2.45, 2.75) is 19.3 Å². The molecule has 0 N–H and O–H groups in total. The minimum atomic E-state index is -0.969. The van der Waals surface area contributed by atoms with Crippen LogP contribution in [0.2, 0.25) is 0 Å². The van der Waals surface area contributed by atoms with Gasteiger partial charge in [0.2, 0.25) is 0 Å². The predicted octanol–water partition coefficient (Wildman–Crippen LogP) is 1.61. The fourth-order valence-electron chi connectivity index (χ4n) is 1.99. The van der Waals surface area contributed by atoms with Gasteiger partial charge in [0.25, 0.3) is 0 Å². The first-order valence-electron chi connectivity index (χ1n) is 5.25. The molecule has 0 atom stereocenters. The number of nitrogens with zero attached hydrogens (tertiary/aromatic N) is 1. The fourth-order valence-corrected chi connectivity index (χ4v) is 1.99. The molecule has 0 amide bonds. The molecule has 0 unspecified atom stereocenters. The summed E-state index contributed by atoms with van der Waals surface area (Å²) < 4.78 is 4.71. The van der Waals surface area contributed by atoms with E-state index >= 15 is 0 Å². The number of pyridine rings is 1. The minimum Gasteiger partial charge on any atom is -0.468 e. The molecule has 1 aromatic heterocycles. The van der Waals surface area contributed by atoms with E-state index in [1.165, 1.54) is 7.11 Å². The average Bonchev–Trinajstić information content (AvgIpc) is 2.28. The summed E-state index contributed by atoms with van der Waals surface area (Å²) in [5.41, 5.74) is -0.629. The highest BCUT2D eigenvalue weighted by Gasteiger charge is 2.52. The molecule has 4 nitrogen and oxygen atoms in total. The second kappa shape index (κ2) is 4.04. The van der Waals surface area contributed by atoms with E-state index in [9.17, 15) is 9.59 Å². The van der Waals surface area contributed by atoms with Crippen molar-refractivity contribution in [1.82, 2.24) is 4.98 Å². The Morgan fingerprint density at radius 2 is 2.12 bits per heavy atom. The Morgan fingerprint density at radius 1 is 1.38 bits per heavy atom. The van der Waals surface area contributed by atoms with Crippen LogP contribution in [0, 0.1) is 5.41 Å². The van der Waals surface area contributed by atoms with Gasteiger partial charge in [-0.15, -0.1) is 0 Å². The van der Waals surface area contributed by atoms with Crippen LogP contribution in [-0.4, -0.2) is 23.8 Å². The van der Waals surface area contributed by atoms with Crippen molar-refractivity contribution in [3.8, 4) is 0 Å². The molecule has 0 radical (unpaired) electrons. The number of ether oxygens (including phenoxy) is 1.